The molecule has 0 radical (unpaired) electrons. The number of hydrogen-bond acceptors (Lipinski definition) is 2. The Bertz CT molecular complexity index is 706. The van der Waals surface area contributed by atoms with Crippen molar-refractivity contribution < 1.29 is 19.0 Å². The fourth-order valence-electron chi connectivity index (χ4n) is 1.76. The molecule has 0 heterocycles. The van der Waals surface area contributed by atoms with Crippen LogP contribution in [0.1, 0.15) is 11.1 Å². The van der Waals surface area contributed by atoms with Crippen LogP contribution in [-0.4, -0.2) is 11.1 Å². The van der Waals surface area contributed by atoms with Gasteiger partial charge >= 0.3 is 5.97 Å². The van der Waals surface area contributed by atoms with Crippen molar-refractivity contribution in [2.24, 2.45) is 0 Å². The molecule has 0 bridgehead atoms. The fraction of sp³-hybridized carbons (Fsp3) is 0.0625. The largest absolute Gasteiger partial charge is 0.486 e. The minimum absolute atomic E-state index is 0.113. The van der Waals surface area contributed by atoms with Gasteiger partial charge in [0.25, 0.3) is 0 Å². The first kappa shape index (κ1) is 16.3. The van der Waals surface area contributed by atoms with E-state index < -0.39 is 5.97 Å². The predicted octanol–water partition coefficient (Wildman–Crippen LogP) is 4.81. The molecule has 114 valence electrons. The Hall–Kier alpha value is -2.04. The first-order valence-corrected chi connectivity index (χ1v) is 6.98. The van der Waals surface area contributed by atoms with Gasteiger partial charge in [0.1, 0.15) is 12.4 Å². The number of carboxylic acids is 1. The second kappa shape index (κ2) is 7.29. The van der Waals surface area contributed by atoms with E-state index in [1.807, 2.05) is 0 Å². The van der Waals surface area contributed by atoms with E-state index in [2.05, 4.69) is 0 Å². The minimum Gasteiger partial charge on any atom is -0.486 e. The molecular formula is C16H11Cl2FO3. The molecule has 0 unspecified atom stereocenters. The van der Waals surface area contributed by atoms with Crippen LogP contribution < -0.4 is 4.74 Å². The van der Waals surface area contributed by atoms with E-state index in [0.29, 0.717) is 11.1 Å². The van der Waals surface area contributed by atoms with Crippen molar-refractivity contribution in [3.8, 4) is 5.75 Å². The van der Waals surface area contributed by atoms with Crippen LogP contribution in [0.4, 0.5) is 4.39 Å². The van der Waals surface area contributed by atoms with Gasteiger partial charge in [0.2, 0.25) is 0 Å². The van der Waals surface area contributed by atoms with Crippen LogP contribution in [0, 0.1) is 5.82 Å². The number of ether oxygens (including phenoxy) is 1. The third kappa shape index (κ3) is 4.48. The summed E-state index contributed by atoms with van der Waals surface area (Å²) in [4.78, 5) is 10.5. The van der Waals surface area contributed by atoms with Crippen molar-refractivity contribution >= 4 is 35.2 Å². The molecule has 3 nitrogen and oxygen atoms in total. The highest BCUT2D eigenvalue weighted by atomic mass is 35.5. The summed E-state index contributed by atoms with van der Waals surface area (Å²) in [6.45, 7) is 0.113. The van der Waals surface area contributed by atoms with Crippen LogP contribution in [0.3, 0.4) is 0 Å². The summed E-state index contributed by atoms with van der Waals surface area (Å²) in [6.07, 6.45) is 2.35. The quantitative estimate of drug-likeness (QED) is 0.794. The molecule has 22 heavy (non-hydrogen) atoms. The molecule has 0 saturated heterocycles. The Morgan fingerprint density at radius 1 is 1.23 bits per heavy atom. The molecule has 0 aliphatic heterocycles. The van der Waals surface area contributed by atoms with Crippen LogP contribution >= 0.6 is 23.2 Å². The molecule has 2 aromatic rings. The number of aliphatic carboxylic acids is 1. The van der Waals surface area contributed by atoms with Crippen LogP contribution in [0.15, 0.2) is 42.5 Å². The molecular weight excluding hydrogens is 330 g/mol. The highest BCUT2D eigenvalue weighted by Crippen LogP contribution is 2.35. The zero-order valence-corrected chi connectivity index (χ0v) is 12.7. The highest BCUT2D eigenvalue weighted by molar-refractivity contribution is 6.37. The van der Waals surface area contributed by atoms with Crippen molar-refractivity contribution in [2.75, 3.05) is 0 Å². The summed E-state index contributed by atoms with van der Waals surface area (Å²) >= 11 is 12.2. The lowest BCUT2D eigenvalue weighted by atomic mass is 10.2. The smallest absolute Gasteiger partial charge is 0.328 e. The molecule has 0 aromatic heterocycles. The SMILES string of the molecule is O=C(O)/C=C/c1cc(Cl)c(OCc2cccc(F)c2)c(Cl)c1. The lowest BCUT2D eigenvalue weighted by Crippen LogP contribution is -1.97. The summed E-state index contributed by atoms with van der Waals surface area (Å²) in [7, 11) is 0. The van der Waals surface area contributed by atoms with Crippen molar-refractivity contribution in [1.29, 1.82) is 0 Å². The monoisotopic (exact) mass is 340 g/mol. The highest BCUT2D eigenvalue weighted by Gasteiger charge is 2.09. The van der Waals surface area contributed by atoms with E-state index in [4.69, 9.17) is 33.0 Å². The predicted molar refractivity (Wildman–Crippen MR) is 83.9 cm³/mol. The van der Waals surface area contributed by atoms with E-state index in [0.717, 1.165) is 6.08 Å². The average Bonchev–Trinajstić information content (AvgIpc) is 2.44. The van der Waals surface area contributed by atoms with Crippen molar-refractivity contribution in [1.82, 2.24) is 0 Å². The third-order valence-corrected chi connectivity index (χ3v) is 3.27. The normalized spacial score (nSPS) is 10.9. The Kier molecular flexibility index (Phi) is 5.41. The van der Waals surface area contributed by atoms with Gasteiger partial charge in [0, 0.05) is 6.08 Å². The Labute approximate surface area is 136 Å². The summed E-state index contributed by atoms with van der Waals surface area (Å²) in [5.74, 6) is -1.16. The summed E-state index contributed by atoms with van der Waals surface area (Å²) in [6, 6.07) is 9.06. The van der Waals surface area contributed by atoms with Gasteiger partial charge in [0.05, 0.1) is 10.0 Å². The molecule has 0 fully saturated rings. The van der Waals surface area contributed by atoms with Crippen LogP contribution in [-0.2, 0) is 11.4 Å². The van der Waals surface area contributed by atoms with Crippen molar-refractivity contribution in [3.05, 3.63) is 69.5 Å². The first-order valence-electron chi connectivity index (χ1n) is 6.23. The van der Waals surface area contributed by atoms with Gasteiger partial charge in [0.15, 0.2) is 5.75 Å². The van der Waals surface area contributed by atoms with Gasteiger partial charge in [-0.25, -0.2) is 9.18 Å². The maximum absolute atomic E-state index is 13.1. The number of carboxylic acid groups (broad SMARTS) is 1. The second-order valence-electron chi connectivity index (χ2n) is 4.40. The maximum Gasteiger partial charge on any atom is 0.328 e. The first-order chi connectivity index (χ1) is 10.5. The molecule has 6 heteroatoms. The molecule has 0 saturated carbocycles. The van der Waals surface area contributed by atoms with E-state index in [1.54, 1.807) is 12.1 Å². The molecule has 0 atom stereocenters. The topological polar surface area (TPSA) is 46.5 Å². The number of rotatable bonds is 5. The molecule has 0 aliphatic rings. The number of carbonyl (C=O) groups is 1. The molecule has 2 aromatic carbocycles. The summed E-state index contributed by atoms with van der Waals surface area (Å²) in [5.41, 5.74) is 1.18. The van der Waals surface area contributed by atoms with Gasteiger partial charge in [-0.2, -0.15) is 0 Å². The van der Waals surface area contributed by atoms with Gasteiger partial charge in [-0.15, -0.1) is 0 Å². The van der Waals surface area contributed by atoms with Gasteiger partial charge in [-0.1, -0.05) is 35.3 Å². The molecule has 0 aliphatic carbocycles. The van der Waals surface area contributed by atoms with E-state index in [-0.39, 0.29) is 28.2 Å². The van der Waals surface area contributed by atoms with Gasteiger partial charge in [-0.3, -0.25) is 0 Å². The van der Waals surface area contributed by atoms with E-state index >= 15 is 0 Å². The number of hydrogen-bond donors (Lipinski definition) is 1. The Morgan fingerprint density at radius 3 is 2.50 bits per heavy atom. The molecule has 0 amide bonds. The zero-order valence-electron chi connectivity index (χ0n) is 11.2. The second-order valence-corrected chi connectivity index (χ2v) is 5.22. The zero-order chi connectivity index (χ0) is 16.1. The Morgan fingerprint density at radius 2 is 1.91 bits per heavy atom. The van der Waals surface area contributed by atoms with Crippen molar-refractivity contribution in [2.45, 2.75) is 6.61 Å². The minimum atomic E-state index is -1.07. The van der Waals surface area contributed by atoms with Gasteiger partial charge < -0.3 is 9.84 Å². The number of benzene rings is 2. The average molecular weight is 341 g/mol. The standard InChI is InChI=1S/C16H11Cl2FO3/c17-13-7-10(4-5-15(20)21)8-14(18)16(13)22-9-11-2-1-3-12(19)6-11/h1-8H,9H2,(H,20,21)/b5-4+. The molecule has 0 spiro atoms. The van der Waals surface area contributed by atoms with Gasteiger partial charge in [-0.05, 0) is 41.5 Å². The van der Waals surface area contributed by atoms with Crippen molar-refractivity contribution in [3.63, 3.8) is 0 Å². The maximum atomic E-state index is 13.1. The van der Waals surface area contributed by atoms with E-state index in [1.165, 1.54) is 30.3 Å². The van der Waals surface area contributed by atoms with Crippen LogP contribution in [0.5, 0.6) is 5.75 Å². The van der Waals surface area contributed by atoms with E-state index in [9.17, 15) is 9.18 Å². The third-order valence-electron chi connectivity index (χ3n) is 2.71. The summed E-state index contributed by atoms with van der Waals surface area (Å²) in [5, 5.41) is 9.08. The lowest BCUT2D eigenvalue weighted by Gasteiger charge is -2.11. The summed E-state index contributed by atoms with van der Waals surface area (Å²) < 4.78 is 18.6. The number of halogens is 3. The van der Waals surface area contributed by atoms with Crippen LogP contribution in [0.25, 0.3) is 6.08 Å². The Balaban J connectivity index is 2.16. The lowest BCUT2D eigenvalue weighted by molar-refractivity contribution is -0.131. The van der Waals surface area contributed by atoms with Crippen LogP contribution in [0.2, 0.25) is 10.0 Å². The fourth-order valence-corrected chi connectivity index (χ4v) is 2.38. The molecule has 2 rings (SSSR count). The molecule has 1 N–H and O–H groups in total.